The Morgan fingerprint density at radius 1 is 1.08 bits per heavy atom. The van der Waals surface area contributed by atoms with Gasteiger partial charge in [0.15, 0.2) is 0 Å². The number of aliphatic hydroxyl groups is 1. The van der Waals surface area contributed by atoms with Crippen LogP contribution in [0.4, 0.5) is 5.82 Å². The number of pyridine rings is 1. The van der Waals surface area contributed by atoms with E-state index in [1.807, 2.05) is 24.3 Å². The highest BCUT2D eigenvalue weighted by molar-refractivity contribution is 7.89. The minimum absolute atomic E-state index is 0.220. The van der Waals surface area contributed by atoms with Crippen molar-refractivity contribution in [2.75, 3.05) is 18.4 Å². The van der Waals surface area contributed by atoms with Gasteiger partial charge in [-0.3, -0.25) is 0 Å². The van der Waals surface area contributed by atoms with Crippen molar-refractivity contribution < 1.29 is 13.5 Å². The molecular weight excluding hydrogens is 350 g/mol. The highest BCUT2D eigenvalue weighted by Crippen LogP contribution is 2.33. The molecule has 0 amide bonds. The molecule has 1 aromatic heterocycles. The van der Waals surface area contributed by atoms with Crippen molar-refractivity contribution in [2.45, 2.75) is 42.7 Å². The summed E-state index contributed by atoms with van der Waals surface area (Å²) in [4.78, 5) is 4.50. The normalized spacial score (nSPS) is 23.6. The number of nitrogens with zero attached hydrogens (tertiary/aromatic N) is 2. The van der Waals surface area contributed by atoms with E-state index < -0.39 is 16.1 Å². The van der Waals surface area contributed by atoms with E-state index in [0.29, 0.717) is 25.3 Å². The third kappa shape index (κ3) is 3.22. The summed E-state index contributed by atoms with van der Waals surface area (Å²) in [5.41, 5.74) is 2.19. The Kier molecular flexibility index (Phi) is 4.69. The fraction of sp³-hybridized carbons (Fsp3) is 0.421. The van der Waals surface area contributed by atoms with Crippen LogP contribution in [0.15, 0.2) is 47.5 Å². The van der Waals surface area contributed by atoms with Gasteiger partial charge < -0.3 is 10.4 Å². The summed E-state index contributed by atoms with van der Waals surface area (Å²) in [5.74, 6) is 0.559. The molecule has 1 saturated heterocycles. The molecule has 2 aromatic rings. The molecule has 0 unspecified atom stereocenters. The van der Waals surface area contributed by atoms with Crippen LogP contribution < -0.4 is 5.32 Å². The first-order valence-corrected chi connectivity index (χ1v) is 10.5. The van der Waals surface area contributed by atoms with E-state index in [2.05, 4.69) is 10.3 Å². The smallest absolute Gasteiger partial charge is 0.244 e. The van der Waals surface area contributed by atoms with E-state index in [1.54, 1.807) is 12.1 Å². The number of anilines is 1. The second kappa shape index (κ2) is 6.98. The quantitative estimate of drug-likeness (QED) is 0.859. The summed E-state index contributed by atoms with van der Waals surface area (Å²) in [7, 11) is -3.47. The maximum Gasteiger partial charge on any atom is 0.244 e. The van der Waals surface area contributed by atoms with Crippen molar-refractivity contribution >= 4 is 15.8 Å². The number of hydrogen-bond acceptors (Lipinski definition) is 5. The summed E-state index contributed by atoms with van der Waals surface area (Å²) < 4.78 is 26.9. The average Bonchev–Trinajstić information content (AvgIpc) is 2.98. The van der Waals surface area contributed by atoms with E-state index in [1.165, 1.54) is 10.5 Å². The number of nitrogens with one attached hydrogen (secondary N) is 1. The lowest BCUT2D eigenvalue weighted by molar-refractivity contribution is 0.165. The predicted molar refractivity (Wildman–Crippen MR) is 99.4 cm³/mol. The third-order valence-electron chi connectivity index (χ3n) is 5.20. The first-order chi connectivity index (χ1) is 12.6. The Hall–Kier alpha value is -1.96. The molecular formula is C19H23N3O3S. The Bertz CT molecular complexity index is 877. The van der Waals surface area contributed by atoms with E-state index >= 15 is 0 Å². The molecule has 138 valence electrons. The monoisotopic (exact) mass is 373 g/mol. The molecule has 0 saturated carbocycles. The Morgan fingerprint density at radius 3 is 2.58 bits per heavy atom. The molecule has 2 aliphatic rings. The van der Waals surface area contributed by atoms with E-state index in [0.717, 1.165) is 30.4 Å². The van der Waals surface area contributed by atoms with Crippen LogP contribution in [0.3, 0.4) is 0 Å². The summed E-state index contributed by atoms with van der Waals surface area (Å²) in [6.45, 7) is 1.15. The molecule has 7 heteroatoms. The van der Waals surface area contributed by atoms with Crippen molar-refractivity contribution in [1.29, 1.82) is 0 Å². The number of hydrogen-bond donors (Lipinski definition) is 2. The van der Waals surface area contributed by atoms with Gasteiger partial charge in [0.05, 0.1) is 12.1 Å². The molecule has 0 bridgehead atoms. The number of aromatic nitrogens is 1. The SMILES string of the molecule is O=S(=O)(c1ccc(N[C@H]2c3ccccc3C[C@H]2O)nc1)N1CCCCC1. The Morgan fingerprint density at radius 2 is 1.85 bits per heavy atom. The molecule has 26 heavy (non-hydrogen) atoms. The van der Waals surface area contributed by atoms with Crippen molar-refractivity contribution in [2.24, 2.45) is 0 Å². The highest BCUT2D eigenvalue weighted by atomic mass is 32.2. The van der Waals surface area contributed by atoms with Crippen molar-refractivity contribution in [1.82, 2.24) is 9.29 Å². The number of benzene rings is 1. The standard InChI is InChI=1S/C19H23N3O3S/c23-17-12-14-6-2-3-7-16(14)19(17)21-18-9-8-15(13-20-18)26(24,25)22-10-4-1-5-11-22/h2-3,6-9,13,17,19,23H,1,4-5,10-12H2,(H,20,21)/t17-,19+/m1/s1. The summed E-state index contributed by atoms with van der Waals surface area (Å²) in [6, 6.07) is 11.0. The van der Waals surface area contributed by atoms with Gasteiger partial charge >= 0.3 is 0 Å². The lowest BCUT2D eigenvalue weighted by Gasteiger charge is -2.25. The average molecular weight is 373 g/mol. The molecule has 1 aliphatic heterocycles. The number of piperidine rings is 1. The van der Waals surface area contributed by atoms with Crippen LogP contribution in [0.25, 0.3) is 0 Å². The molecule has 0 spiro atoms. The predicted octanol–water partition coefficient (Wildman–Crippen LogP) is 2.33. The van der Waals surface area contributed by atoms with Gasteiger partial charge in [0.1, 0.15) is 10.7 Å². The van der Waals surface area contributed by atoms with Crippen LogP contribution in [0.2, 0.25) is 0 Å². The van der Waals surface area contributed by atoms with Crippen LogP contribution in [0, 0.1) is 0 Å². The third-order valence-corrected chi connectivity index (χ3v) is 7.08. The Balaban J connectivity index is 1.52. The lowest BCUT2D eigenvalue weighted by atomic mass is 10.1. The minimum atomic E-state index is -3.47. The largest absolute Gasteiger partial charge is 0.390 e. The van der Waals surface area contributed by atoms with Gasteiger partial charge in [0.25, 0.3) is 0 Å². The molecule has 0 radical (unpaired) electrons. The van der Waals surface area contributed by atoms with Crippen molar-refractivity contribution in [3.63, 3.8) is 0 Å². The van der Waals surface area contributed by atoms with Crippen LogP contribution >= 0.6 is 0 Å². The second-order valence-electron chi connectivity index (χ2n) is 6.94. The number of fused-ring (bicyclic) bond motifs is 1. The van der Waals surface area contributed by atoms with Gasteiger partial charge in [-0.25, -0.2) is 13.4 Å². The van der Waals surface area contributed by atoms with Gasteiger partial charge in [0, 0.05) is 25.7 Å². The molecule has 1 aliphatic carbocycles. The zero-order valence-electron chi connectivity index (χ0n) is 14.5. The van der Waals surface area contributed by atoms with Crippen LogP contribution in [-0.2, 0) is 16.4 Å². The first kappa shape index (κ1) is 17.5. The molecule has 2 N–H and O–H groups in total. The maximum absolute atomic E-state index is 12.7. The van der Waals surface area contributed by atoms with Crippen LogP contribution in [0.5, 0.6) is 0 Å². The van der Waals surface area contributed by atoms with Crippen LogP contribution in [-0.4, -0.2) is 42.0 Å². The molecule has 2 atom stereocenters. The molecule has 1 fully saturated rings. The molecule has 6 nitrogen and oxygen atoms in total. The summed E-state index contributed by atoms with van der Waals surface area (Å²) in [5, 5.41) is 13.6. The fourth-order valence-electron chi connectivity index (χ4n) is 3.78. The van der Waals surface area contributed by atoms with E-state index in [-0.39, 0.29) is 10.9 Å². The van der Waals surface area contributed by atoms with Gasteiger partial charge in [-0.2, -0.15) is 4.31 Å². The second-order valence-corrected chi connectivity index (χ2v) is 8.87. The lowest BCUT2D eigenvalue weighted by Crippen LogP contribution is -2.35. The summed E-state index contributed by atoms with van der Waals surface area (Å²) in [6.07, 6.45) is 4.38. The number of aliphatic hydroxyl groups excluding tert-OH is 1. The molecule has 2 heterocycles. The van der Waals surface area contributed by atoms with Gasteiger partial charge in [-0.05, 0) is 36.1 Å². The Labute approximate surface area is 153 Å². The van der Waals surface area contributed by atoms with E-state index in [9.17, 15) is 13.5 Å². The minimum Gasteiger partial charge on any atom is -0.390 e. The van der Waals surface area contributed by atoms with Crippen molar-refractivity contribution in [3.05, 3.63) is 53.7 Å². The van der Waals surface area contributed by atoms with Crippen molar-refractivity contribution in [3.8, 4) is 0 Å². The highest BCUT2D eigenvalue weighted by Gasteiger charge is 2.31. The maximum atomic E-state index is 12.7. The first-order valence-electron chi connectivity index (χ1n) is 9.04. The van der Waals surface area contributed by atoms with E-state index in [4.69, 9.17) is 0 Å². The number of sulfonamides is 1. The fourth-order valence-corrected chi connectivity index (χ4v) is 5.24. The van der Waals surface area contributed by atoms with Crippen LogP contribution in [0.1, 0.15) is 36.4 Å². The zero-order valence-corrected chi connectivity index (χ0v) is 15.3. The summed E-state index contributed by atoms with van der Waals surface area (Å²) >= 11 is 0. The molecule has 4 rings (SSSR count). The molecule has 1 aromatic carbocycles. The zero-order chi connectivity index (χ0) is 18.1. The number of rotatable bonds is 4. The van der Waals surface area contributed by atoms with Gasteiger partial charge in [-0.1, -0.05) is 30.7 Å². The topological polar surface area (TPSA) is 82.5 Å². The van der Waals surface area contributed by atoms with Gasteiger partial charge in [0.2, 0.25) is 10.0 Å². The van der Waals surface area contributed by atoms with Gasteiger partial charge in [-0.15, -0.1) is 0 Å².